The molecule has 0 radical (unpaired) electrons. The smallest absolute Gasteiger partial charge is 0.328 e. The van der Waals surface area contributed by atoms with Crippen LogP contribution in [-0.4, -0.2) is 21.0 Å². The second-order valence-corrected chi connectivity index (χ2v) is 6.79. The average molecular weight is 332 g/mol. The number of carbonyl (C=O) groups is 1. The molecule has 0 aliphatic heterocycles. The highest BCUT2D eigenvalue weighted by molar-refractivity contribution is 7.90. The summed E-state index contributed by atoms with van der Waals surface area (Å²) in [6, 6.07) is 15.4. The third-order valence-electron chi connectivity index (χ3n) is 3.31. The molecule has 2 rings (SSSR count). The van der Waals surface area contributed by atoms with Crippen molar-refractivity contribution >= 4 is 16.1 Å². The minimum Gasteiger partial charge on any atom is -0.337 e. The van der Waals surface area contributed by atoms with E-state index in [2.05, 4.69) is 5.32 Å². The van der Waals surface area contributed by atoms with Gasteiger partial charge in [-0.3, -0.25) is 0 Å². The maximum Gasteiger partial charge on any atom is 0.328 e. The van der Waals surface area contributed by atoms with E-state index >= 15 is 0 Å². The van der Waals surface area contributed by atoms with Crippen molar-refractivity contribution in [2.45, 2.75) is 24.7 Å². The summed E-state index contributed by atoms with van der Waals surface area (Å²) >= 11 is 0. The molecular weight excluding hydrogens is 312 g/mol. The number of hydrogen-bond donors (Lipinski definition) is 2. The molecule has 2 aromatic carbocycles. The predicted octanol–water partition coefficient (Wildman–Crippen LogP) is 3.14. The monoisotopic (exact) mass is 332 g/mol. The first kappa shape index (κ1) is 17.0. The maximum absolute atomic E-state index is 12.2. The highest BCUT2D eigenvalue weighted by Crippen LogP contribution is 2.20. The van der Waals surface area contributed by atoms with Crippen LogP contribution in [0, 0.1) is 0 Å². The number of amides is 2. The van der Waals surface area contributed by atoms with Gasteiger partial charge in [-0.15, -0.1) is 0 Å². The van der Waals surface area contributed by atoms with Gasteiger partial charge in [0.05, 0.1) is 4.90 Å². The second kappa shape index (κ2) is 7.78. The molecule has 0 unspecified atom stereocenters. The summed E-state index contributed by atoms with van der Waals surface area (Å²) in [7, 11) is -3.86. The molecule has 0 atom stereocenters. The van der Waals surface area contributed by atoms with Crippen LogP contribution in [0.4, 0.5) is 4.79 Å². The van der Waals surface area contributed by atoms with E-state index in [0.29, 0.717) is 6.54 Å². The Morgan fingerprint density at radius 3 is 2.17 bits per heavy atom. The summed E-state index contributed by atoms with van der Waals surface area (Å²) in [5.41, 5.74) is 1.92. The van der Waals surface area contributed by atoms with Gasteiger partial charge in [0.1, 0.15) is 0 Å². The molecule has 0 fully saturated rings. The molecule has 0 saturated carbocycles. The molecule has 5 nitrogen and oxygen atoms in total. The summed E-state index contributed by atoms with van der Waals surface area (Å²) in [5.74, 6) is 0. The van der Waals surface area contributed by atoms with Gasteiger partial charge in [-0.05, 0) is 29.7 Å². The highest BCUT2D eigenvalue weighted by atomic mass is 32.2. The van der Waals surface area contributed by atoms with E-state index in [1.54, 1.807) is 12.1 Å². The van der Waals surface area contributed by atoms with Crippen LogP contribution >= 0.6 is 0 Å². The van der Waals surface area contributed by atoms with Crippen LogP contribution in [0.1, 0.15) is 19.8 Å². The number of nitrogens with one attached hydrogen (secondary N) is 2. The quantitative estimate of drug-likeness (QED) is 0.798. The van der Waals surface area contributed by atoms with Gasteiger partial charge >= 0.3 is 6.03 Å². The number of hydrogen-bond acceptors (Lipinski definition) is 3. The van der Waals surface area contributed by atoms with Crippen molar-refractivity contribution in [1.29, 1.82) is 0 Å². The van der Waals surface area contributed by atoms with Gasteiger partial charge in [0, 0.05) is 6.54 Å². The summed E-state index contributed by atoms with van der Waals surface area (Å²) in [4.78, 5) is 11.7. The van der Waals surface area contributed by atoms with Gasteiger partial charge < -0.3 is 5.32 Å². The molecule has 2 N–H and O–H groups in total. The van der Waals surface area contributed by atoms with E-state index in [-0.39, 0.29) is 4.90 Å². The van der Waals surface area contributed by atoms with Crippen LogP contribution in [0.25, 0.3) is 11.1 Å². The van der Waals surface area contributed by atoms with E-state index < -0.39 is 16.1 Å². The molecule has 0 heterocycles. The largest absolute Gasteiger partial charge is 0.337 e. The topological polar surface area (TPSA) is 75.3 Å². The zero-order chi connectivity index (χ0) is 16.7. The maximum atomic E-state index is 12.2. The van der Waals surface area contributed by atoms with Gasteiger partial charge in [-0.25, -0.2) is 17.9 Å². The van der Waals surface area contributed by atoms with Crippen molar-refractivity contribution in [3.05, 3.63) is 54.6 Å². The molecule has 0 bridgehead atoms. The Morgan fingerprint density at radius 1 is 0.957 bits per heavy atom. The van der Waals surface area contributed by atoms with E-state index in [1.165, 1.54) is 12.1 Å². The Bertz CT molecular complexity index is 741. The van der Waals surface area contributed by atoms with Crippen molar-refractivity contribution in [3.63, 3.8) is 0 Å². The summed E-state index contributed by atoms with van der Waals surface area (Å²) in [5, 5.41) is 2.52. The fourth-order valence-electron chi connectivity index (χ4n) is 2.05. The lowest BCUT2D eigenvalue weighted by atomic mass is 10.1. The van der Waals surface area contributed by atoms with E-state index in [0.717, 1.165) is 24.0 Å². The Labute approximate surface area is 136 Å². The van der Waals surface area contributed by atoms with Crippen molar-refractivity contribution in [2.24, 2.45) is 0 Å². The zero-order valence-electron chi connectivity index (χ0n) is 13.0. The predicted molar refractivity (Wildman–Crippen MR) is 90.5 cm³/mol. The highest BCUT2D eigenvalue weighted by Gasteiger charge is 2.17. The minimum atomic E-state index is -3.86. The van der Waals surface area contributed by atoms with E-state index in [4.69, 9.17) is 0 Å². The van der Waals surface area contributed by atoms with Crippen molar-refractivity contribution in [3.8, 4) is 11.1 Å². The van der Waals surface area contributed by atoms with Gasteiger partial charge in [0.15, 0.2) is 0 Å². The molecule has 0 saturated heterocycles. The van der Waals surface area contributed by atoms with Crippen LogP contribution in [0.3, 0.4) is 0 Å². The van der Waals surface area contributed by atoms with Gasteiger partial charge in [0.2, 0.25) is 0 Å². The fraction of sp³-hybridized carbons (Fsp3) is 0.235. The molecule has 0 aliphatic rings. The Balaban J connectivity index is 2.07. The lowest BCUT2D eigenvalue weighted by Crippen LogP contribution is -2.39. The average Bonchev–Trinajstić information content (AvgIpc) is 2.55. The molecule has 122 valence electrons. The molecule has 2 amide bonds. The minimum absolute atomic E-state index is 0.0582. The summed E-state index contributed by atoms with van der Waals surface area (Å²) < 4.78 is 26.3. The molecule has 23 heavy (non-hydrogen) atoms. The van der Waals surface area contributed by atoms with Crippen LogP contribution in [0.2, 0.25) is 0 Å². The third kappa shape index (κ3) is 4.82. The number of rotatable bonds is 6. The molecule has 6 heteroatoms. The van der Waals surface area contributed by atoms with Crippen molar-refractivity contribution < 1.29 is 13.2 Å². The Hall–Kier alpha value is -2.34. The first-order chi connectivity index (χ1) is 11.0. The van der Waals surface area contributed by atoms with Crippen molar-refractivity contribution in [1.82, 2.24) is 10.0 Å². The third-order valence-corrected chi connectivity index (χ3v) is 4.66. The second-order valence-electron chi connectivity index (χ2n) is 5.11. The zero-order valence-corrected chi connectivity index (χ0v) is 13.8. The van der Waals surface area contributed by atoms with Crippen LogP contribution in [0.5, 0.6) is 0 Å². The van der Waals surface area contributed by atoms with Gasteiger partial charge in [-0.2, -0.15) is 0 Å². The normalized spacial score (nSPS) is 11.0. The number of urea groups is 1. The summed E-state index contributed by atoms with van der Waals surface area (Å²) in [6.45, 7) is 2.44. The van der Waals surface area contributed by atoms with E-state index in [1.807, 2.05) is 42.0 Å². The van der Waals surface area contributed by atoms with Crippen LogP contribution in [0.15, 0.2) is 59.5 Å². The Morgan fingerprint density at radius 2 is 1.57 bits per heavy atom. The fourth-order valence-corrected chi connectivity index (χ4v) is 2.98. The molecule has 0 spiro atoms. The Kier molecular flexibility index (Phi) is 5.76. The number of carbonyl (C=O) groups excluding carboxylic acids is 1. The number of unbranched alkanes of at least 4 members (excludes halogenated alkanes) is 1. The SMILES string of the molecule is CCCCNC(=O)NS(=O)(=O)c1ccc(-c2ccccc2)cc1. The van der Waals surface area contributed by atoms with Crippen LogP contribution < -0.4 is 10.0 Å². The first-order valence-electron chi connectivity index (χ1n) is 7.49. The molecule has 2 aromatic rings. The summed E-state index contributed by atoms with van der Waals surface area (Å²) in [6.07, 6.45) is 1.73. The van der Waals surface area contributed by atoms with Crippen LogP contribution in [-0.2, 0) is 10.0 Å². The standard InChI is InChI=1S/C17H20N2O3S/c1-2-3-13-18-17(20)19-23(21,22)16-11-9-15(10-12-16)14-7-5-4-6-8-14/h4-12H,2-3,13H2,1H3,(H2,18,19,20). The number of benzene rings is 2. The van der Waals surface area contributed by atoms with E-state index in [9.17, 15) is 13.2 Å². The van der Waals surface area contributed by atoms with Crippen molar-refractivity contribution in [2.75, 3.05) is 6.54 Å². The number of sulfonamides is 1. The lowest BCUT2D eigenvalue weighted by molar-refractivity contribution is 0.245. The molecule has 0 aromatic heterocycles. The van der Waals surface area contributed by atoms with Gasteiger partial charge in [0.25, 0.3) is 10.0 Å². The lowest BCUT2D eigenvalue weighted by Gasteiger charge is -2.09. The molecular formula is C17H20N2O3S. The van der Waals surface area contributed by atoms with Gasteiger partial charge in [-0.1, -0.05) is 55.8 Å². The molecule has 0 aliphatic carbocycles. The first-order valence-corrected chi connectivity index (χ1v) is 8.97.